The third-order valence-corrected chi connectivity index (χ3v) is 5.57. The Bertz CT molecular complexity index is 1120. The van der Waals surface area contributed by atoms with Crippen LogP contribution in [0.3, 0.4) is 0 Å². The van der Waals surface area contributed by atoms with Gasteiger partial charge in [-0.1, -0.05) is 74.5 Å². The normalized spacial score (nSPS) is 12.4. The molecule has 0 aliphatic rings. The van der Waals surface area contributed by atoms with Gasteiger partial charge in [-0.15, -0.1) is 0 Å². The van der Waals surface area contributed by atoms with Crippen LogP contribution in [0, 0.1) is 10.1 Å². The van der Waals surface area contributed by atoms with Gasteiger partial charge >= 0.3 is 0 Å². The third-order valence-electron chi connectivity index (χ3n) is 5.57. The first kappa shape index (κ1) is 23.7. The second-order valence-electron chi connectivity index (χ2n) is 7.71. The molecule has 0 saturated heterocycles. The van der Waals surface area contributed by atoms with Gasteiger partial charge in [0.1, 0.15) is 5.69 Å². The summed E-state index contributed by atoms with van der Waals surface area (Å²) in [7, 11) is 0. The predicted octanol–water partition coefficient (Wildman–Crippen LogP) is 5.86. The van der Waals surface area contributed by atoms with Gasteiger partial charge in [0, 0.05) is 11.8 Å². The van der Waals surface area contributed by atoms with Crippen molar-refractivity contribution in [2.24, 2.45) is 0 Å². The quantitative estimate of drug-likeness (QED) is 0.318. The van der Waals surface area contributed by atoms with Crippen molar-refractivity contribution >= 4 is 28.9 Å². The number of benzene rings is 3. The van der Waals surface area contributed by atoms with E-state index in [1.165, 1.54) is 18.2 Å². The minimum absolute atomic E-state index is 0.0462. The van der Waals surface area contributed by atoms with E-state index in [9.17, 15) is 19.7 Å². The summed E-state index contributed by atoms with van der Waals surface area (Å²) in [6, 6.07) is 22.9. The van der Waals surface area contributed by atoms with Crippen molar-refractivity contribution in [2.45, 2.75) is 38.5 Å². The van der Waals surface area contributed by atoms with Crippen LogP contribution in [-0.2, 0) is 9.59 Å². The molecule has 170 valence electrons. The molecular formula is C26H27N3O4. The molecule has 3 rings (SSSR count). The third kappa shape index (κ3) is 5.83. The van der Waals surface area contributed by atoms with Crippen LogP contribution < -0.4 is 10.6 Å². The molecular weight excluding hydrogens is 418 g/mol. The van der Waals surface area contributed by atoms with Crippen LogP contribution in [-0.4, -0.2) is 16.7 Å². The van der Waals surface area contributed by atoms with Gasteiger partial charge in [0.25, 0.3) is 5.69 Å². The monoisotopic (exact) mass is 445 g/mol. The zero-order chi connectivity index (χ0) is 23.8. The average molecular weight is 446 g/mol. The van der Waals surface area contributed by atoms with Crippen LogP contribution >= 0.6 is 0 Å². The number of nitro groups is 1. The van der Waals surface area contributed by atoms with Gasteiger partial charge in [0.15, 0.2) is 0 Å². The predicted molar refractivity (Wildman–Crippen MR) is 129 cm³/mol. The van der Waals surface area contributed by atoms with E-state index < -0.39 is 10.8 Å². The zero-order valence-electron chi connectivity index (χ0n) is 18.7. The molecule has 0 aliphatic carbocycles. The molecule has 7 heteroatoms. The van der Waals surface area contributed by atoms with Crippen LogP contribution in [0.1, 0.15) is 49.7 Å². The molecule has 0 bridgehead atoms. The van der Waals surface area contributed by atoms with Crippen LogP contribution in [0.5, 0.6) is 0 Å². The summed E-state index contributed by atoms with van der Waals surface area (Å²) in [6.07, 6.45) is 1.14. The van der Waals surface area contributed by atoms with Gasteiger partial charge in [0.2, 0.25) is 11.8 Å². The van der Waals surface area contributed by atoms with E-state index in [2.05, 4.69) is 10.6 Å². The number of amides is 2. The maximum atomic E-state index is 13.0. The summed E-state index contributed by atoms with van der Waals surface area (Å²) in [5.74, 6) is -1.37. The fourth-order valence-corrected chi connectivity index (χ4v) is 3.84. The van der Waals surface area contributed by atoms with Crippen molar-refractivity contribution < 1.29 is 14.5 Å². The van der Waals surface area contributed by atoms with Crippen LogP contribution in [0.15, 0.2) is 78.9 Å². The lowest BCUT2D eigenvalue weighted by Crippen LogP contribution is -2.22. The van der Waals surface area contributed by atoms with Gasteiger partial charge < -0.3 is 10.6 Å². The number of nitrogens with one attached hydrogen (secondary N) is 2. The number of carbonyl (C=O) groups excluding carboxylic acids is 2. The Labute approximate surface area is 193 Å². The highest BCUT2D eigenvalue weighted by molar-refractivity contribution is 6.00. The highest BCUT2D eigenvalue weighted by Crippen LogP contribution is 2.31. The fourth-order valence-electron chi connectivity index (χ4n) is 3.84. The smallest absolute Gasteiger partial charge is 0.292 e. The number of hydrogen-bond acceptors (Lipinski definition) is 4. The van der Waals surface area contributed by atoms with E-state index in [-0.39, 0.29) is 29.1 Å². The number of nitrogens with zero attached hydrogens (tertiary/aromatic N) is 1. The first-order valence-electron chi connectivity index (χ1n) is 10.9. The van der Waals surface area contributed by atoms with Gasteiger partial charge in [-0.2, -0.15) is 0 Å². The minimum Gasteiger partial charge on any atom is -0.325 e. The Hall–Kier alpha value is -4.00. The lowest BCUT2D eigenvalue weighted by molar-refractivity contribution is -0.383. The molecule has 2 atom stereocenters. The summed E-state index contributed by atoms with van der Waals surface area (Å²) < 4.78 is 0. The van der Waals surface area contributed by atoms with Crippen LogP contribution in [0.4, 0.5) is 17.1 Å². The van der Waals surface area contributed by atoms with E-state index in [1.54, 1.807) is 0 Å². The Balaban J connectivity index is 1.84. The maximum absolute atomic E-state index is 13.0. The van der Waals surface area contributed by atoms with Gasteiger partial charge in [-0.05, 0) is 36.1 Å². The molecule has 2 amide bonds. The Morgan fingerprint density at radius 2 is 1.27 bits per heavy atom. The van der Waals surface area contributed by atoms with Gasteiger partial charge in [-0.25, -0.2) is 0 Å². The number of rotatable bonds is 9. The topological polar surface area (TPSA) is 101 Å². The van der Waals surface area contributed by atoms with E-state index in [0.29, 0.717) is 18.5 Å². The molecule has 0 aliphatic heterocycles. The number of carbonyl (C=O) groups is 2. The number of anilines is 2. The average Bonchev–Trinajstić information content (AvgIpc) is 2.81. The summed E-state index contributed by atoms with van der Waals surface area (Å²) in [5.41, 5.74) is 1.91. The second kappa shape index (κ2) is 11.0. The van der Waals surface area contributed by atoms with Gasteiger partial charge in [-0.3, -0.25) is 19.7 Å². The summed E-state index contributed by atoms with van der Waals surface area (Å²) in [6.45, 7) is 3.81. The molecule has 33 heavy (non-hydrogen) atoms. The molecule has 0 aromatic heterocycles. The SMILES string of the molecule is CCC(C(=O)Nc1ccc([N+](=O)[O-])c(NC(=O)C(CC)c2ccccc2)c1)c1ccccc1. The van der Waals surface area contributed by atoms with E-state index >= 15 is 0 Å². The van der Waals surface area contributed by atoms with E-state index in [4.69, 9.17) is 0 Å². The standard InChI is InChI=1S/C26H27N3O4/c1-3-21(18-11-7-5-8-12-18)25(30)27-20-15-16-24(29(32)33)23(17-20)28-26(31)22(4-2)19-13-9-6-10-14-19/h5-17,21-22H,3-4H2,1-2H3,(H,27,30)(H,28,31). The highest BCUT2D eigenvalue weighted by Gasteiger charge is 2.24. The Morgan fingerprint density at radius 1 is 0.788 bits per heavy atom. The molecule has 7 nitrogen and oxygen atoms in total. The molecule has 0 fully saturated rings. The molecule has 0 heterocycles. The highest BCUT2D eigenvalue weighted by atomic mass is 16.6. The number of nitro benzene ring substituents is 1. The number of hydrogen-bond donors (Lipinski definition) is 2. The Kier molecular flexibility index (Phi) is 7.91. The first-order valence-corrected chi connectivity index (χ1v) is 10.9. The molecule has 2 unspecified atom stereocenters. The lowest BCUT2D eigenvalue weighted by atomic mass is 9.95. The van der Waals surface area contributed by atoms with Gasteiger partial charge in [0.05, 0.1) is 16.8 Å². The lowest BCUT2D eigenvalue weighted by Gasteiger charge is -2.17. The molecule has 3 aromatic rings. The van der Waals surface area contributed by atoms with Crippen molar-refractivity contribution in [1.29, 1.82) is 0 Å². The summed E-state index contributed by atoms with van der Waals surface area (Å²) in [5, 5.41) is 17.1. The van der Waals surface area contributed by atoms with E-state index in [1.807, 2.05) is 74.5 Å². The van der Waals surface area contributed by atoms with Crippen LogP contribution in [0.2, 0.25) is 0 Å². The minimum atomic E-state index is -0.552. The largest absolute Gasteiger partial charge is 0.325 e. The molecule has 2 N–H and O–H groups in total. The van der Waals surface area contributed by atoms with Crippen LogP contribution in [0.25, 0.3) is 0 Å². The molecule has 0 radical (unpaired) electrons. The molecule has 0 spiro atoms. The van der Waals surface area contributed by atoms with Crippen molar-refractivity contribution in [1.82, 2.24) is 0 Å². The molecule has 0 saturated carbocycles. The van der Waals surface area contributed by atoms with Crippen molar-refractivity contribution in [2.75, 3.05) is 10.6 Å². The Morgan fingerprint density at radius 3 is 1.73 bits per heavy atom. The maximum Gasteiger partial charge on any atom is 0.292 e. The van der Waals surface area contributed by atoms with Crippen molar-refractivity contribution in [3.05, 3.63) is 100 Å². The van der Waals surface area contributed by atoms with E-state index in [0.717, 1.165) is 11.1 Å². The zero-order valence-corrected chi connectivity index (χ0v) is 18.7. The fraction of sp³-hybridized carbons (Fsp3) is 0.231. The van der Waals surface area contributed by atoms with Crippen molar-refractivity contribution in [3.8, 4) is 0 Å². The summed E-state index contributed by atoms with van der Waals surface area (Å²) >= 11 is 0. The second-order valence-corrected chi connectivity index (χ2v) is 7.71. The molecule has 3 aromatic carbocycles. The summed E-state index contributed by atoms with van der Waals surface area (Å²) in [4.78, 5) is 36.9. The van der Waals surface area contributed by atoms with Crippen molar-refractivity contribution in [3.63, 3.8) is 0 Å². The first-order chi connectivity index (χ1) is 15.9.